The van der Waals surface area contributed by atoms with E-state index in [-0.39, 0.29) is 22.5 Å². The number of anilines is 1. The molecule has 0 heterocycles. The first-order valence-electron chi connectivity index (χ1n) is 6.14. The number of nitrogens with one attached hydrogen (secondary N) is 2. The first-order valence-corrected chi connectivity index (χ1v) is 6.93. The van der Waals surface area contributed by atoms with Crippen LogP contribution in [-0.2, 0) is 5.41 Å². The fourth-order valence-corrected chi connectivity index (χ4v) is 2.08. The molecule has 0 spiro atoms. The average molecular weight is 367 g/mol. The summed E-state index contributed by atoms with van der Waals surface area (Å²) < 4.78 is 0.427. The van der Waals surface area contributed by atoms with Gasteiger partial charge in [0.05, 0.1) is 4.92 Å². The van der Waals surface area contributed by atoms with Crippen molar-refractivity contribution in [3.63, 3.8) is 0 Å². The van der Waals surface area contributed by atoms with E-state index in [1.54, 1.807) is 12.1 Å². The molecule has 0 fully saturated rings. The summed E-state index contributed by atoms with van der Waals surface area (Å²) in [7, 11) is 0. The van der Waals surface area contributed by atoms with Crippen LogP contribution in [0.2, 0.25) is 0 Å². The molecule has 0 aliphatic carbocycles. The number of nitrogens with zero attached hydrogens (tertiary/aromatic N) is 3. The Bertz CT molecular complexity index is 700. The van der Waals surface area contributed by atoms with Gasteiger partial charge in [-0.05, 0) is 33.0 Å². The maximum absolute atomic E-state index is 11.3. The second-order valence-corrected chi connectivity index (χ2v) is 6.31. The predicted molar refractivity (Wildman–Crippen MR) is 88.1 cm³/mol. The number of hydrogen-bond donors (Lipinski definition) is 3. The Morgan fingerprint density at radius 2 is 2.14 bits per heavy atom. The largest absolute Gasteiger partial charge is 0.382 e. The van der Waals surface area contributed by atoms with Gasteiger partial charge in [-0.1, -0.05) is 20.8 Å². The van der Waals surface area contributed by atoms with Crippen LogP contribution in [0.1, 0.15) is 26.3 Å². The van der Waals surface area contributed by atoms with E-state index in [2.05, 4.69) is 26.5 Å². The quantitative estimate of drug-likeness (QED) is 0.325. The van der Waals surface area contributed by atoms with Crippen molar-refractivity contribution in [1.29, 1.82) is 10.7 Å². The summed E-state index contributed by atoms with van der Waals surface area (Å²) in [6.07, 6.45) is 0. The van der Waals surface area contributed by atoms with E-state index >= 15 is 0 Å². The minimum absolute atomic E-state index is 0.0898. The fourth-order valence-electron chi connectivity index (χ4n) is 1.54. The van der Waals surface area contributed by atoms with Crippen molar-refractivity contribution in [2.75, 3.05) is 5.43 Å². The summed E-state index contributed by atoms with van der Waals surface area (Å²) in [4.78, 5) is 10.7. The van der Waals surface area contributed by atoms with Crippen LogP contribution in [0.5, 0.6) is 0 Å². The highest BCUT2D eigenvalue weighted by atomic mass is 79.9. The van der Waals surface area contributed by atoms with Gasteiger partial charge in [0.25, 0.3) is 5.69 Å². The summed E-state index contributed by atoms with van der Waals surface area (Å²) in [5, 5.41) is 30.8. The second kappa shape index (κ2) is 6.53. The van der Waals surface area contributed by atoms with E-state index in [1.165, 1.54) is 6.07 Å². The molecule has 1 aromatic carbocycles. The predicted octanol–water partition coefficient (Wildman–Crippen LogP) is 2.88. The van der Waals surface area contributed by atoms with E-state index in [1.807, 2.05) is 20.8 Å². The highest BCUT2D eigenvalue weighted by Crippen LogP contribution is 2.37. The van der Waals surface area contributed by atoms with E-state index < -0.39 is 10.8 Å². The lowest BCUT2D eigenvalue weighted by atomic mass is 9.86. The van der Waals surface area contributed by atoms with E-state index in [0.29, 0.717) is 4.47 Å². The smallest absolute Gasteiger partial charge is 0.295 e. The molecule has 0 saturated heterocycles. The van der Waals surface area contributed by atoms with Crippen molar-refractivity contribution in [3.05, 3.63) is 32.3 Å². The number of benzene rings is 1. The highest BCUT2D eigenvalue weighted by molar-refractivity contribution is 9.10. The number of nitriles is 1. The molecule has 22 heavy (non-hydrogen) atoms. The molecule has 116 valence electrons. The highest BCUT2D eigenvalue weighted by Gasteiger charge is 2.24. The van der Waals surface area contributed by atoms with Crippen molar-refractivity contribution in [3.8, 4) is 6.07 Å². The number of hydrazone groups is 1. The Balaban J connectivity index is 3.40. The van der Waals surface area contributed by atoms with Crippen molar-refractivity contribution in [2.45, 2.75) is 26.2 Å². The van der Waals surface area contributed by atoms with Gasteiger partial charge in [0.15, 0.2) is 5.84 Å². The second-order valence-electron chi connectivity index (χ2n) is 5.46. The Morgan fingerprint density at radius 1 is 1.55 bits per heavy atom. The minimum atomic E-state index is -0.544. The normalized spacial score (nSPS) is 11.7. The van der Waals surface area contributed by atoms with Crippen molar-refractivity contribution < 1.29 is 4.92 Å². The van der Waals surface area contributed by atoms with Crippen LogP contribution >= 0.6 is 15.9 Å². The molecule has 8 nitrogen and oxygen atoms in total. The van der Waals surface area contributed by atoms with Gasteiger partial charge < -0.3 is 5.73 Å². The maximum atomic E-state index is 11.3. The molecule has 4 N–H and O–H groups in total. The summed E-state index contributed by atoms with van der Waals surface area (Å²) >= 11 is 3.26. The molecule has 1 aromatic rings. The topological polar surface area (TPSA) is 141 Å². The van der Waals surface area contributed by atoms with Crippen molar-refractivity contribution >= 4 is 38.9 Å². The third-order valence-corrected chi connectivity index (χ3v) is 3.40. The Morgan fingerprint density at radius 3 is 2.55 bits per heavy atom. The molecule has 0 atom stereocenters. The number of amidine groups is 1. The number of nitrogens with two attached hydrogens (primary N) is 1. The van der Waals surface area contributed by atoms with Crippen molar-refractivity contribution in [1.82, 2.24) is 0 Å². The average Bonchev–Trinajstić information content (AvgIpc) is 2.38. The molecule has 0 aliphatic heterocycles. The van der Waals surface area contributed by atoms with Crippen LogP contribution in [0, 0.1) is 26.9 Å². The van der Waals surface area contributed by atoms with Crippen LogP contribution in [0.4, 0.5) is 11.4 Å². The zero-order chi connectivity index (χ0) is 17.1. The van der Waals surface area contributed by atoms with Crippen molar-refractivity contribution in [2.24, 2.45) is 10.8 Å². The third kappa shape index (κ3) is 4.02. The molecular weight excluding hydrogens is 352 g/mol. The van der Waals surface area contributed by atoms with Gasteiger partial charge in [-0.3, -0.25) is 20.9 Å². The molecule has 0 saturated carbocycles. The van der Waals surface area contributed by atoms with Gasteiger partial charge in [-0.15, -0.1) is 0 Å². The summed E-state index contributed by atoms with van der Waals surface area (Å²) in [5.41, 5.74) is 7.64. The van der Waals surface area contributed by atoms with E-state index in [9.17, 15) is 10.1 Å². The van der Waals surface area contributed by atoms with Gasteiger partial charge >= 0.3 is 0 Å². The molecule has 0 unspecified atom stereocenters. The van der Waals surface area contributed by atoms with E-state index in [4.69, 9.17) is 16.4 Å². The number of halogens is 1. The molecule has 0 aromatic heterocycles. The number of nitro groups is 1. The zero-order valence-corrected chi connectivity index (χ0v) is 13.9. The van der Waals surface area contributed by atoms with Gasteiger partial charge in [-0.25, -0.2) is 0 Å². The standard InChI is InChI=1S/C13H15BrN6O2/c1-13(2,3)7-4-8(14)11(10(5-7)20(21)22)19-18-9(6-15)12(16)17/h4-5,19H,1-3H3,(H3,16,17)/b18-9+. The molecule has 0 radical (unpaired) electrons. The molecular formula is C13H15BrN6O2. The van der Waals surface area contributed by atoms with Gasteiger partial charge in [-0.2, -0.15) is 10.4 Å². The molecule has 0 bridgehead atoms. The third-order valence-electron chi connectivity index (χ3n) is 2.77. The van der Waals surface area contributed by atoms with Crippen LogP contribution in [-0.4, -0.2) is 16.5 Å². The first kappa shape index (κ1) is 17.6. The Hall–Kier alpha value is -2.47. The fraction of sp³-hybridized carbons (Fsp3) is 0.308. The lowest BCUT2D eigenvalue weighted by molar-refractivity contribution is -0.384. The summed E-state index contributed by atoms with van der Waals surface area (Å²) in [6, 6.07) is 4.82. The molecule has 1 rings (SSSR count). The van der Waals surface area contributed by atoms with Crippen LogP contribution in [0.25, 0.3) is 0 Å². The van der Waals surface area contributed by atoms with E-state index in [0.717, 1.165) is 5.56 Å². The van der Waals surface area contributed by atoms with Gasteiger partial charge in [0, 0.05) is 10.5 Å². The van der Waals surface area contributed by atoms with Gasteiger partial charge in [0.2, 0.25) is 5.71 Å². The molecule has 9 heteroatoms. The summed E-state index contributed by atoms with van der Waals surface area (Å²) in [5.74, 6) is -0.528. The lowest BCUT2D eigenvalue weighted by Crippen LogP contribution is -2.22. The molecule has 0 aliphatic rings. The van der Waals surface area contributed by atoms with Crippen LogP contribution < -0.4 is 11.2 Å². The van der Waals surface area contributed by atoms with Gasteiger partial charge in [0.1, 0.15) is 11.8 Å². The van der Waals surface area contributed by atoms with Crippen LogP contribution in [0.15, 0.2) is 21.7 Å². The molecule has 0 amide bonds. The SMILES string of the molecule is CC(C)(C)c1cc(Br)c(N/N=C(\C#N)C(=N)N)c([N+](=O)[O-])c1. The van der Waals surface area contributed by atoms with Crippen LogP contribution in [0.3, 0.4) is 0 Å². The minimum Gasteiger partial charge on any atom is -0.382 e. The number of rotatable bonds is 4. The number of nitro benzene ring substituents is 1. The maximum Gasteiger partial charge on any atom is 0.295 e. The summed E-state index contributed by atoms with van der Waals surface area (Å²) in [6.45, 7) is 5.81. The first-order chi connectivity index (χ1) is 10.1. The number of hydrogen-bond acceptors (Lipinski definition) is 6. The Labute approximate surface area is 135 Å². The zero-order valence-electron chi connectivity index (χ0n) is 12.3. The monoisotopic (exact) mass is 366 g/mol. The lowest BCUT2D eigenvalue weighted by Gasteiger charge is -2.20. The Kier molecular flexibility index (Phi) is 5.22.